The largest absolute Gasteiger partial charge is 0.394 e. The van der Waals surface area contributed by atoms with Gasteiger partial charge in [-0.05, 0) is 68.0 Å². The number of alkyl halides is 1. The van der Waals surface area contributed by atoms with Crippen molar-refractivity contribution in [2.45, 2.75) is 70.0 Å². The third-order valence-corrected chi connectivity index (χ3v) is 11.2. The van der Waals surface area contributed by atoms with Crippen molar-refractivity contribution in [2.24, 2.45) is 11.8 Å². The van der Waals surface area contributed by atoms with Crippen LogP contribution in [0.15, 0.2) is 84.9 Å². The molecule has 8 rings (SSSR count). The summed E-state index contributed by atoms with van der Waals surface area (Å²) in [6.07, 6.45) is 0.641. The molecule has 3 amide bonds. The monoisotopic (exact) mass is 661 g/mol. The van der Waals surface area contributed by atoms with Gasteiger partial charge in [-0.25, -0.2) is 4.39 Å². The van der Waals surface area contributed by atoms with Crippen LogP contribution in [0, 0.1) is 11.8 Å². The summed E-state index contributed by atoms with van der Waals surface area (Å²) >= 11 is 0. The Hall–Kier alpha value is -4.60. The van der Waals surface area contributed by atoms with Gasteiger partial charge in [-0.15, -0.1) is 0 Å². The van der Waals surface area contributed by atoms with Crippen LogP contribution in [0.25, 0.3) is 10.8 Å². The van der Waals surface area contributed by atoms with Crippen molar-refractivity contribution in [3.8, 4) is 0 Å². The van der Waals surface area contributed by atoms with Crippen LogP contribution in [0.3, 0.4) is 0 Å². The van der Waals surface area contributed by atoms with E-state index in [0.29, 0.717) is 23.4 Å². The number of carbonyl (C=O) groups excluding carboxylic acids is 3. The van der Waals surface area contributed by atoms with Crippen molar-refractivity contribution < 1.29 is 28.6 Å². The number of carbonyl (C=O) groups is 3. The standard InChI is InChI=1S/C40H40FN3O5/c1-24-36(39(2,3)41)33(21-34(46)42-20-8-11-28(42)23-45)49-40(24)30-13-4-5-14-31(30)43(38(40)48)22-25-16-18-27(19-17-25)44-32-15-7-10-26-9-6-12-29(35(26)32)37(44)47/h4-7,9-10,12-19,24,28,33,36,45H,8,11,20-23H2,1-3H3/t24-,28-,33+,36-,40+/m0/s1. The van der Waals surface area contributed by atoms with E-state index in [1.807, 2.05) is 91.9 Å². The van der Waals surface area contributed by atoms with E-state index in [9.17, 15) is 19.5 Å². The van der Waals surface area contributed by atoms with Crippen LogP contribution in [0.4, 0.5) is 21.5 Å². The maximum atomic E-state index is 16.1. The number of rotatable bonds is 7. The van der Waals surface area contributed by atoms with Gasteiger partial charge in [0.05, 0.1) is 48.7 Å². The van der Waals surface area contributed by atoms with E-state index < -0.39 is 29.2 Å². The van der Waals surface area contributed by atoms with E-state index in [1.165, 1.54) is 13.8 Å². The van der Waals surface area contributed by atoms with E-state index in [-0.39, 0.29) is 43.3 Å². The molecule has 1 spiro atoms. The van der Waals surface area contributed by atoms with Crippen LogP contribution in [-0.2, 0) is 26.5 Å². The quantitative estimate of drug-likeness (QED) is 0.240. The minimum absolute atomic E-state index is 0.0652. The Balaban J connectivity index is 1.09. The lowest BCUT2D eigenvalue weighted by Gasteiger charge is -2.32. The Bertz CT molecular complexity index is 1980. The van der Waals surface area contributed by atoms with E-state index in [1.54, 1.807) is 14.7 Å². The Labute approximate surface area is 285 Å². The minimum atomic E-state index is -1.73. The average Bonchev–Trinajstić information content (AvgIpc) is 3.82. The second kappa shape index (κ2) is 11.5. The first-order valence-corrected chi connectivity index (χ1v) is 17.2. The zero-order chi connectivity index (χ0) is 34.2. The number of likely N-dealkylation sites (tertiary alicyclic amines) is 1. The van der Waals surface area contributed by atoms with E-state index in [0.717, 1.165) is 40.6 Å². The molecule has 4 aliphatic heterocycles. The number of benzene rings is 4. The Morgan fingerprint density at radius 2 is 1.69 bits per heavy atom. The van der Waals surface area contributed by atoms with Crippen molar-refractivity contribution in [3.05, 3.63) is 102 Å². The fraction of sp³-hybridized carbons (Fsp3) is 0.375. The zero-order valence-electron chi connectivity index (χ0n) is 27.9. The number of halogens is 1. The second-order valence-corrected chi connectivity index (χ2v) is 14.4. The molecule has 252 valence electrons. The molecule has 0 aliphatic carbocycles. The highest BCUT2D eigenvalue weighted by molar-refractivity contribution is 6.27. The summed E-state index contributed by atoms with van der Waals surface area (Å²) in [5.41, 5.74) is 1.30. The predicted molar refractivity (Wildman–Crippen MR) is 185 cm³/mol. The van der Waals surface area contributed by atoms with Crippen LogP contribution in [-0.4, -0.2) is 58.7 Å². The number of ether oxygens (including phenoxy) is 1. The molecule has 0 radical (unpaired) electrons. The summed E-state index contributed by atoms with van der Waals surface area (Å²) in [6.45, 7) is 5.53. The number of anilines is 3. The minimum Gasteiger partial charge on any atom is -0.394 e. The smallest absolute Gasteiger partial charge is 0.264 e. The van der Waals surface area contributed by atoms with Gasteiger partial charge >= 0.3 is 0 Å². The molecule has 4 aliphatic rings. The molecule has 2 saturated heterocycles. The first-order chi connectivity index (χ1) is 23.5. The zero-order valence-corrected chi connectivity index (χ0v) is 27.9. The summed E-state index contributed by atoms with van der Waals surface area (Å²) in [5.74, 6) is -1.83. The van der Waals surface area contributed by atoms with E-state index >= 15 is 4.39 Å². The average molecular weight is 662 g/mol. The molecule has 8 nitrogen and oxygen atoms in total. The number of aliphatic hydroxyl groups excluding tert-OH is 1. The van der Waals surface area contributed by atoms with Gasteiger partial charge in [-0.3, -0.25) is 19.3 Å². The van der Waals surface area contributed by atoms with Gasteiger partial charge in [0.25, 0.3) is 11.8 Å². The Morgan fingerprint density at radius 3 is 2.43 bits per heavy atom. The highest BCUT2D eigenvalue weighted by Crippen LogP contribution is 2.58. The lowest BCUT2D eigenvalue weighted by molar-refractivity contribution is -0.150. The number of fused-ring (bicyclic) bond motifs is 2. The summed E-state index contributed by atoms with van der Waals surface area (Å²) in [4.78, 5) is 46.8. The predicted octanol–water partition coefficient (Wildman–Crippen LogP) is 6.65. The molecular formula is C40H40FN3O5. The topological polar surface area (TPSA) is 90.4 Å². The molecule has 2 fully saturated rings. The van der Waals surface area contributed by atoms with Crippen molar-refractivity contribution in [1.82, 2.24) is 4.90 Å². The Morgan fingerprint density at radius 1 is 0.980 bits per heavy atom. The lowest BCUT2D eigenvalue weighted by atomic mass is 9.71. The molecule has 0 saturated carbocycles. The van der Waals surface area contributed by atoms with Crippen LogP contribution >= 0.6 is 0 Å². The number of amides is 3. The van der Waals surface area contributed by atoms with Gasteiger partial charge in [0, 0.05) is 35.0 Å². The molecule has 9 heteroatoms. The third kappa shape index (κ3) is 4.73. The molecule has 4 aromatic rings. The maximum absolute atomic E-state index is 16.1. The molecule has 0 aromatic heterocycles. The van der Waals surface area contributed by atoms with Gasteiger partial charge in [-0.1, -0.05) is 61.5 Å². The molecular weight excluding hydrogens is 621 g/mol. The van der Waals surface area contributed by atoms with Crippen LogP contribution in [0.2, 0.25) is 0 Å². The fourth-order valence-corrected chi connectivity index (χ4v) is 9.11. The second-order valence-electron chi connectivity index (χ2n) is 14.4. The van der Waals surface area contributed by atoms with Crippen molar-refractivity contribution in [2.75, 3.05) is 23.0 Å². The number of nitrogens with zero attached hydrogens (tertiary/aromatic N) is 3. The molecule has 0 unspecified atom stereocenters. The van der Waals surface area contributed by atoms with Crippen LogP contribution in [0.1, 0.15) is 61.5 Å². The molecule has 4 heterocycles. The highest BCUT2D eigenvalue weighted by atomic mass is 19.1. The van der Waals surface area contributed by atoms with Gasteiger partial charge < -0.3 is 19.6 Å². The van der Waals surface area contributed by atoms with Crippen LogP contribution < -0.4 is 9.80 Å². The SMILES string of the molecule is C[C@H]1[C@H](C(C)(C)F)[C@@H](CC(=O)N2CCC[C@H]2CO)O[C@]12C(=O)N(Cc1ccc(N3C(=O)c4cccc5cccc3c45)cc1)c1ccccc12. The van der Waals surface area contributed by atoms with Crippen molar-refractivity contribution in [1.29, 1.82) is 0 Å². The molecule has 4 aromatic carbocycles. The summed E-state index contributed by atoms with van der Waals surface area (Å²) in [6, 6.07) is 26.6. The number of hydrogen-bond donors (Lipinski definition) is 1. The van der Waals surface area contributed by atoms with Crippen LogP contribution in [0.5, 0.6) is 0 Å². The first-order valence-electron chi connectivity index (χ1n) is 17.2. The van der Waals surface area contributed by atoms with Gasteiger partial charge in [-0.2, -0.15) is 0 Å². The number of aliphatic hydroxyl groups is 1. The van der Waals surface area contributed by atoms with E-state index in [4.69, 9.17) is 4.74 Å². The first kappa shape index (κ1) is 31.7. The fourth-order valence-electron chi connectivity index (χ4n) is 9.11. The highest BCUT2D eigenvalue weighted by Gasteiger charge is 2.66. The number of hydrogen-bond acceptors (Lipinski definition) is 5. The lowest BCUT2D eigenvalue weighted by Crippen LogP contribution is -2.45. The van der Waals surface area contributed by atoms with Gasteiger partial charge in [0.15, 0.2) is 5.60 Å². The van der Waals surface area contributed by atoms with Gasteiger partial charge in [0.2, 0.25) is 5.91 Å². The molecule has 49 heavy (non-hydrogen) atoms. The van der Waals surface area contributed by atoms with Crippen molar-refractivity contribution >= 4 is 45.6 Å². The summed E-state index contributed by atoms with van der Waals surface area (Å²) in [5, 5.41) is 11.8. The third-order valence-electron chi connectivity index (χ3n) is 11.2. The Kier molecular flexibility index (Phi) is 7.42. The normalized spacial score (nSPS) is 26.1. The maximum Gasteiger partial charge on any atom is 0.264 e. The van der Waals surface area contributed by atoms with E-state index in [2.05, 4.69) is 0 Å². The number of para-hydroxylation sites is 1. The summed E-state index contributed by atoms with van der Waals surface area (Å²) in [7, 11) is 0. The van der Waals surface area contributed by atoms with Crippen molar-refractivity contribution in [3.63, 3.8) is 0 Å². The van der Waals surface area contributed by atoms with Gasteiger partial charge in [0.1, 0.15) is 5.67 Å². The molecule has 5 atom stereocenters. The molecule has 1 N–H and O–H groups in total. The molecule has 0 bridgehead atoms. The summed E-state index contributed by atoms with van der Waals surface area (Å²) < 4.78 is 22.8.